The average Bonchev–Trinajstić information content (AvgIpc) is 2.26. The van der Waals surface area contributed by atoms with Crippen LogP contribution in [0.2, 0.25) is 0 Å². The van der Waals surface area contributed by atoms with Crippen LogP contribution in [0.25, 0.3) is 0 Å². The van der Waals surface area contributed by atoms with Crippen LogP contribution in [0.1, 0.15) is 26.2 Å². The average molecular weight is 297 g/mol. The lowest BCUT2D eigenvalue weighted by molar-refractivity contribution is 0.0305. The summed E-state index contributed by atoms with van der Waals surface area (Å²) in [5.74, 6) is 0. The minimum absolute atomic E-state index is 0.0262. The molecule has 2 atom stereocenters. The van der Waals surface area contributed by atoms with E-state index in [1.807, 2.05) is 6.92 Å². The van der Waals surface area contributed by atoms with Crippen LogP contribution in [0.5, 0.6) is 0 Å². The number of ether oxygens (including phenoxy) is 1. The summed E-state index contributed by atoms with van der Waals surface area (Å²) in [5.41, 5.74) is 0. The van der Waals surface area contributed by atoms with Crippen molar-refractivity contribution in [2.24, 2.45) is 0 Å². The zero-order valence-electron chi connectivity index (χ0n) is 11.2. The third-order valence-electron chi connectivity index (χ3n) is 2.65. The highest BCUT2D eigenvalue weighted by Gasteiger charge is 2.33. The molecule has 1 rings (SSSR count). The van der Waals surface area contributed by atoms with Gasteiger partial charge in [0.25, 0.3) is 10.1 Å². The molecule has 6 nitrogen and oxygen atoms in total. The fourth-order valence-electron chi connectivity index (χ4n) is 1.85. The van der Waals surface area contributed by atoms with Gasteiger partial charge in [0.2, 0.25) is 0 Å². The molecule has 0 radical (unpaired) electrons. The Bertz CT molecular complexity index is 400. The molecule has 1 aliphatic heterocycles. The molecule has 0 saturated carbocycles. The number of likely N-dealkylation sites (tertiary alicyclic amines) is 1. The minimum Gasteiger partial charge on any atom is -0.449 e. The number of alkyl halides is 1. The predicted molar refractivity (Wildman–Crippen MR) is 67.1 cm³/mol. The number of rotatable bonds is 5. The number of piperidine rings is 1. The first-order chi connectivity index (χ1) is 8.81. The molecule has 1 amide bonds. The Kier molecular flexibility index (Phi) is 5.99. The zero-order chi connectivity index (χ0) is 14.5. The van der Waals surface area contributed by atoms with Gasteiger partial charge in [0.15, 0.2) is 0 Å². The van der Waals surface area contributed by atoms with E-state index in [4.69, 9.17) is 8.92 Å². The summed E-state index contributed by atoms with van der Waals surface area (Å²) in [6.45, 7) is 2.18. The van der Waals surface area contributed by atoms with E-state index in [0.717, 1.165) is 24.0 Å². The molecule has 1 fully saturated rings. The number of hydrogen-bond donors (Lipinski definition) is 0. The summed E-state index contributed by atoms with van der Waals surface area (Å²) in [6, 6.07) is 0. The Morgan fingerprint density at radius 2 is 2.11 bits per heavy atom. The van der Waals surface area contributed by atoms with Crippen molar-refractivity contribution in [1.29, 1.82) is 0 Å². The quantitative estimate of drug-likeness (QED) is 0.565. The lowest BCUT2D eigenvalue weighted by atomic mass is 10.1. The van der Waals surface area contributed by atoms with Crippen LogP contribution in [0.4, 0.5) is 9.18 Å². The topological polar surface area (TPSA) is 72.9 Å². The highest BCUT2D eigenvalue weighted by Crippen LogP contribution is 2.18. The Morgan fingerprint density at radius 1 is 1.42 bits per heavy atom. The van der Waals surface area contributed by atoms with E-state index in [2.05, 4.69) is 0 Å². The molecule has 0 unspecified atom stereocenters. The zero-order valence-corrected chi connectivity index (χ0v) is 12.0. The molecule has 19 heavy (non-hydrogen) atoms. The summed E-state index contributed by atoms with van der Waals surface area (Å²) in [4.78, 5) is 12.8. The van der Waals surface area contributed by atoms with Crippen molar-refractivity contribution >= 4 is 16.2 Å². The number of carbonyl (C=O) groups excluding carboxylic acids is 1. The molecule has 0 aromatic rings. The monoisotopic (exact) mass is 297 g/mol. The number of unbranched alkanes of at least 4 members (excludes halogenated alkanes) is 1. The van der Waals surface area contributed by atoms with E-state index in [1.54, 1.807) is 0 Å². The van der Waals surface area contributed by atoms with Gasteiger partial charge in [0.05, 0.1) is 32.1 Å². The maximum Gasteiger partial charge on any atom is 0.409 e. The van der Waals surface area contributed by atoms with Gasteiger partial charge in [-0.25, -0.2) is 9.18 Å². The fourth-order valence-corrected chi connectivity index (χ4v) is 2.49. The number of halogens is 1. The normalized spacial score (nSPS) is 24.3. The summed E-state index contributed by atoms with van der Waals surface area (Å²) >= 11 is 0. The van der Waals surface area contributed by atoms with Gasteiger partial charge in [-0.05, 0) is 6.42 Å². The molecule has 0 aromatic heterocycles. The first-order valence-electron chi connectivity index (χ1n) is 6.26. The van der Waals surface area contributed by atoms with Crippen LogP contribution in [-0.2, 0) is 19.0 Å². The predicted octanol–water partition coefficient (Wildman–Crippen LogP) is 1.31. The first-order valence-corrected chi connectivity index (χ1v) is 8.07. The Labute approximate surface area is 113 Å². The maximum absolute atomic E-state index is 13.5. The molecule has 0 aliphatic carbocycles. The third kappa shape index (κ3) is 6.20. The van der Waals surface area contributed by atoms with Gasteiger partial charge in [-0.1, -0.05) is 13.3 Å². The lowest BCUT2D eigenvalue weighted by Crippen LogP contribution is -2.48. The van der Waals surface area contributed by atoms with Crippen LogP contribution in [0, 0.1) is 0 Å². The molecule has 0 aromatic carbocycles. The summed E-state index contributed by atoms with van der Waals surface area (Å²) in [5, 5.41) is 0. The van der Waals surface area contributed by atoms with Crippen LogP contribution in [-0.4, -0.2) is 57.6 Å². The van der Waals surface area contributed by atoms with E-state index in [-0.39, 0.29) is 26.1 Å². The second kappa shape index (κ2) is 7.04. The smallest absolute Gasteiger partial charge is 0.409 e. The maximum atomic E-state index is 13.5. The molecule has 1 heterocycles. The van der Waals surface area contributed by atoms with Crippen molar-refractivity contribution in [2.75, 3.05) is 26.0 Å². The highest BCUT2D eigenvalue weighted by molar-refractivity contribution is 7.86. The van der Waals surface area contributed by atoms with E-state index < -0.39 is 28.5 Å². The van der Waals surface area contributed by atoms with Crippen molar-refractivity contribution < 1.29 is 26.5 Å². The molecule has 0 N–H and O–H groups in total. The van der Waals surface area contributed by atoms with E-state index in [9.17, 15) is 17.6 Å². The van der Waals surface area contributed by atoms with Gasteiger partial charge in [-0.2, -0.15) is 8.42 Å². The number of nitrogens with zero attached hydrogens (tertiary/aromatic N) is 1. The van der Waals surface area contributed by atoms with Crippen molar-refractivity contribution in [1.82, 2.24) is 4.90 Å². The van der Waals surface area contributed by atoms with Gasteiger partial charge < -0.3 is 9.64 Å². The van der Waals surface area contributed by atoms with Crippen molar-refractivity contribution in [3.63, 3.8) is 0 Å². The van der Waals surface area contributed by atoms with Crippen LogP contribution < -0.4 is 0 Å². The highest BCUT2D eigenvalue weighted by atomic mass is 32.2. The van der Waals surface area contributed by atoms with Crippen molar-refractivity contribution in [3.05, 3.63) is 0 Å². The van der Waals surface area contributed by atoms with Gasteiger partial charge >= 0.3 is 6.09 Å². The van der Waals surface area contributed by atoms with Gasteiger partial charge in [0.1, 0.15) is 6.17 Å². The molecule has 1 aliphatic rings. The van der Waals surface area contributed by atoms with Crippen molar-refractivity contribution in [3.8, 4) is 0 Å². The number of hydrogen-bond acceptors (Lipinski definition) is 5. The first kappa shape index (κ1) is 16.2. The molecular weight excluding hydrogens is 277 g/mol. The molecule has 0 spiro atoms. The van der Waals surface area contributed by atoms with Gasteiger partial charge in [0, 0.05) is 6.42 Å². The molecular formula is C11H20FNO5S. The largest absolute Gasteiger partial charge is 0.449 e. The molecule has 0 bridgehead atoms. The van der Waals surface area contributed by atoms with Gasteiger partial charge in [-0.15, -0.1) is 0 Å². The van der Waals surface area contributed by atoms with E-state index in [0.29, 0.717) is 0 Å². The molecule has 8 heteroatoms. The Balaban J connectivity index is 2.52. The van der Waals surface area contributed by atoms with Crippen LogP contribution in [0.15, 0.2) is 0 Å². The standard InChI is InChI=1S/C11H20FNO5S/c1-3-4-5-17-11(14)13-7-9(12)6-10(8-13)18-19(2,15)16/h9-10H,3-8H2,1-2H3/t9-,10+/m0/s1. The minimum atomic E-state index is -3.66. The summed E-state index contributed by atoms with van der Waals surface area (Å²) in [6.07, 6.45) is -0.291. The van der Waals surface area contributed by atoms with Crippen LogP contribution >= 0.6 is 0 Å². The van der Waals surface area contributed by atoms with Crippen molar-refractivity contribution in [2.45, 2.75) is 38.5 Å². The molecule has 1 saturated heterocycles. The van der Waals surface area contributed by atoms with Gasteiger partial charge in [-0.3, -0.25) is 4.18 Å². The fraction of sp³-hybridized carbons (Fsp3) is 0.909. The number of carbonyl (C=O) groups is 1. The van der Waals surface area contributed by atoms with E-state index in [1.165, 1.54) is 0 Å². The second-order valence-electron chi connectivity index (χ2n) is 4.63. The number of amides is 1. The lowest BCUT2D eigenvalue weighted by Gasteiger charge is -2.33. The Morgan fingerprint density at radius 3 is 2.68 bits per heavy atom. The third-order valence-corrected chi connectivity index (χ3v) is 3.28. The SMILES string of the molecule is CCCCOC(=O)N1C[C@@H](F)C[C@@H](OS(C)(=O)=O)C1. The summed E-state index contributed by atoms with van der Waals surface area (Å²) in [7, 11) is -3.66. The molecule has 112 valence electrons. The summed E-state index contributed by atoms with van der Waals surface area (Å²) < 4.78 is 45.2. The Hall–Kier alpha value is -0.890. The van der Waals surface area contributed by atoms with Crippen LogP contribution in [0.3, 0.4) is 0 Å². The second-order valence-corrected chi connectivity index (χ2v) is 6.23. The van der Waals surface area contributed by atoms with E-state index >= 15 is 0 Å².